The van der Waals surface area contributed by atoms with Crippen LogP contribution < -0.4 is 5.32 Å². The highest BCUT2D eigenvalue weighted by molar-refractivity contribution is 9.06. The second-order valence-corrected chi connectivity index (χ2v) is 3.75. The first-order valence-electron chi connectivity index (χ1n) is 4.72. The number of rotatable bonds is 4. The highest BCUT2D eigenvalue weighted by Crippen LogP contribution is 2.08. The average Bonchev–Trinajstić information content (AvgIpc) is 2.25. The molecule has 1 N–H and O–H groups in total. The van der Waals surface area contributed by atoms with Crippen LogP contribution in [0.5, 0.6) is 0 Å². The number of aryl methyl sites for hydroxylation is 1. The Kier molecular flexibility index (Phi) is 4.78. The minimum Gasteiger partial charge on any atom is -0.382 e. The van der Waals surface area contributed by atoms with Crippen LogP contribution in [-0.4, -0.2) is 19.1 Å². The molecule has 1 aromatic carbocycles. The second-order valence-electron chi connectivity index (χ2n) is 3.43. The molecule has 1 atom stereocenters. The molecule has 0 radical (unpaired) electrons. The monoisotopic (exact) mass is 271 g/mol. The number of hydrogen-bond donors (Lipinski definition) is 1. The molecule has 0 saturated carbocycles. The van der Waals surface area contributed by atoms with Crippen LogP contribution in [0.15, 0.2) is 24.3 Å². The zero-order valence-electron chi connectivity index (χ0n) is 8.79. The lowest BCUT2D eigenvalue weighted by Gasteiger charge is -2.12. The summed E-state index contributed by atoms with van der Waals surface area (Å²) in [5.41, 5.74) is 2.31. The molecule has 0 heterocycles. The standard InChI is InChI=1S/C11H14BrNO2/c1-8-4-3-5-9(6-8)7-10(13-2)11(14)15-12/h3-6,10,13H,7H2,1-2H3/t10-/m0/s1. The quantitative estimate of drug-likeness (QED) is 0.910. The summed E-state index contributed by atoms with van der Waals surface area (Å²) < 4.78 is 4.52. The highest BCUT2D eigenvalue weighted by Gasteiger charge is 2.17. The first-order chi connectivity index (χ1) is 7.17. The molecule has 0 fully saturated rings. The Morgan fingerprint density at radius 2 is 2.33 bits per heavy atom. The third-order valence-corrected chi connectivity index (χ3v) is 2.55. The van der Waals surface area contributed by atoms with Crippen molar-refractivity contribution in [3.63, 3.8) is 0 Å². The van der Waals surface area contributed by atoms with Crippen LogP contribution in [0.3, 0.4) is 0 Å². The van der Waals surface area contributed by atoms with E-state index in [9.17, 15) is 4.79 Å². The van der Waals surface area contributed by atoms with Gasteiger partial charge in [-0.15, -0.1) is 0 Å². The molecule has 1 aromatic rings. The van der Waals surface area contributed by atoms with Gasteiger partial charge < -0.3 is 9.15 Å². The lowest BCUT2D eigenvalue weighted by Crippen LogP contribution is -2.36. The van der Waals surface area contributed by atoms with E-state index in [1.807, 2.05) is 25.1 Å². The van der Waals surface area contributed by atoms with Crippen molar-refractivity contribution in [2.24, 2.45) is 0 Å². The molecule has 0 bridgehead atoms. The maximum absolute atomic E-state index is 11.3. The number of carbonyl (C=O) groups excluding carboxylic acids is 1. The average molecular weight is 272 g/mol. The van der Waals surface area contributed by atoms with Gasteiger partial charge in [-0.3, -0.25) is 0 Å². The Hall–Kier alpha value is -0.870. The summed E-state index contributed by atoms with van der Waals surface area (Å²) in [7, 11) is 1.74. The maximum Gasteiger partial charge on any atom is 0.334 e. The molecular weight excluding hydrogens is 258 g/mol. The molecule has 0 amide bonds. The van der Waals surface area contributed by atoms with Gasteiger partial charge in [-0.25, -0.2) is 4.79 Å². The van der Waals surface area contributed by atoms with Crippen molar-refractivity contribution in [1.29, 1.82) is 0 Å². The van der Waals surface area contributed by atoms with Gasteiger partial charge in [0.2, 0.25) is 0 Å². The van der Waals surface area contributed by atoms with Crippen LogP contribution in [0.1, 0.15) is 11.1 Å². The van der Waals surface area contributed by atoms with E-state index in [4.69, 9.17) is 0 Å². The number of nitrogens with one attached hydrogen (secondary N) is 1. The van der Waals surface area contributed by atoms with Gasteiger partial charge in [-0.1, -0.05) is 29.8 Å². The predicted octanol–water partition coefficient (Wildman–Crippen LogP) is 1.98. The summed E-state index contributed by atoms with van der Waals surface area (Å²) in [6.45, 7) is 2.03. The van der Waals surface area contributed by atoms with Gasteiger partial charge in [0.1, 0.15) is 6.04 Å². The Balaban J connectivity index is 2.70. The third kappa shape index (κ3) is 3.64. The largest absolute Gasteiger partial charge is 0.382 e. The van der Waals surface area contributed by atoms with Gasteiger partial charge in [0.25, 0.3) is 0 Å². The molecule has 0 aliphatic rings. The van der Waals surface area contributed by atoms with Crippen LogP contribution in [0, 0.1) is 6.92 Å². The molecule has 15 heavy (non-hydrogen) atoms. The number of likely N-dealkylation sites (N-methyl/N-ethyl adjacent to an activating group) is 1. The highest BCUT2D eigenvalue weighted by atomic mass is 79.9. The number of benzene rings is 1. The van der Waals surface area contributed by atoms with Crippen molar-refractivity contribution in [2.75, 3.05) is 7.05 Å². The zero-order chi connectivity index (χ0) is 11.3. The Morgan fingerprint density at radius 3 is 2.87 bits per heavy atom. The maximum atomic E-state index is 11.3. The van der Waals surface area contributed by atoms with Gasteiger partial charge in [0.05, 0.1) is 0 Å². The lowest BCUT2D eigenvalue weighted by molar-refractivity contribution is -0.134. The summed E-state index contributed by atoms with van der Waals surface area (Å²) in [6, 6.07) is 7.76. The molecule has 0 saturated heterocycles. The van der Waals surface area contributed by atoms with Gasteiger partial charge in [-0.05, 0) is 26.0 Å². The summed E-state index contributed by atoms with van der Waals surface area (Å²) in [4.78, 5) is 11.3. The van der Waals surface area contributed by atoms with Crippen molar-refractivity contribution < 1.29 is 8.62 Å². The van der Waals surface area contributed by atoms with Crippen LogP contribution in [-0.2, 0) is 15.0 Å². The molecule has 0 aliphatic carbocycles. The van der Waals surface area contributed by atoms with Crippen molar-refractivity contribution in [3.8, 4) is 0 Å². The summed E-state index contributed by atoms with van der Waals surface area (Å²) in [5.74, 6) is -0.306. The molecule has 3 nitrogen and oxygen atoms in total. The van der Waals surface area contributed by atoms with E-state index in [1.165, 1.54) is 5.56 Å². The minimum atomic E-state index is -0.314. The number of halogens is 1. The van der Waals surface area contributed by atoms with Crippen molar-refractivity contribution >= 4 is 22.2 Å². The molecule has 82 valence electrons. The minimum absolute atomic E-state index is 0.306. The molecule has 0 unspecified atom stereocenters. The fourth-order valence-electron chi connectivity index (χ4n) is 1.43. The van der Waals surface area contributed by atoms with Crippen LogP contribution >= 0.6 is 16.3 Å². The van der Waals surface area contributed by atoms with E-state index in [2.05, 4.69) is 31.5 Å². The van der Waals surface area contributed by atoms with Crippen molar-refractivity contribution in [2.45, 2.75) is 19.4 Å². The fraction of sp³-hybridized carbons (Fsp3) is 0.364. The Bertz CT molecular complexity index is 341. The molecule has 0 aromatic heterocycles. The van der Waals surface area contributed by atoms with E-state index < -0.39 is 0 Å². The van der Waals surface area contributed by atoms with E-state index in [-0.39, 0.29) is 12.0 Å². The van der Waals surface area contributed by atoms with E-state index in [0.717, 1.165) is 5.56 Å². The van der Waals surface area contributed by atoms with E-state index in [0.29, 0.717) is 6.42 Å². The summed E-state index contributed by atoms with van der Waals surface area (Å²) in [6.07, 6.45) is 0.628. The van der Waals surface area contributed by atoms with Gasteiger partial charge in [0, 0.05) is 0 Å². The Morgan fingerprint density at radius 1 is 1.60 bits per heavy atom. The fourth-order valence-corrected chi connectivity index (χ4v) is 1.66. The first-order valence-corrected chi connectivity index (χ1v) is 5.37. The second kappa shape index (κ2) is 5.88. The van der Waals surface area contributed by atoms with Crippen LogP contribution in [0.4, 0.5) is 0 Å². The van der Waals surface area contributed by atoms with E-state index in [1.54, 1.807) is 7.05 Å². The number of hydrogen-bond acceptors (Lipinski definition) is 3. The molecule has 0 spiro atoms. The molecular formula is C11H14BrNO2. The normalized spacial score (nSPS) is 12.2. The summed E-state index contributed by atoms with van der Waals surface area (Å²) in [5, 5.41) is 2.92. The zero-order valence-corrected chi connectivity index (χ0v) is 10.4. The van der Waals surface area contributed by atoms with Gasteiger partial charge >= 0.3 is 5.97 Å². The van der Waals surface area contributed by atoms with Crippen LogP contribution in [0.25, 0.3) is 0 Å². The molecule has 1 rings (SSSR count). The lowest BCUT2D eigenvalue weighted by atomic mass is 10.0. The van der Waals surface area contributed by atoms with Gasteiger partial charge in [-0.2, -0.15) is 0 Å². The van der Waals surface area contributed by atoms with Gasteiger partial charge in [0.15, 0.2) is 16.3 Å². The van der Waals surface area contributed by atoms with E-state index >= 15 is 0 Å². The summed E-state index contributed by atoms with van der Waals surface area (Å²) >= 11 is 2.69. The van der Waals surface area contributed by atoms with Crippen LogP contribution in [0.2, 0.25) is 0 Å². The topological polar surface area (TPSA) is 38.3 Å². The first kappa shape index (κ1) is 12.2. The molecule has 4 heteroatoms. The third-order valence-electron chi connectivity index (χ3n) is 2.23. The molecule has 0 aliphatic heterocycles. The Labute approximate surface area is 98.3 Å². The SMILES string of the molecule is CN[C@@H](Cc1cccc(C)c1)C(=O)OBr. The number of carbonyl (C=O) groups is 1. The van der Waals surface area contributed by atoms with Crippen molar-refractivity contribution in [3.05, 3.63) is 35.4 Å². The van der Waals surface area contributed by atoms with Crippen molar-refractivity contribution in [1.82, 2.24) is 5.32 Å². The smallest absolute Gasteiger partial charge is 0.334 e. The predicted molar refractivity (Wildman–Crippen MR) is 62.7 cm³/mol.